The lowest BCUT2D eigenvalue weighted by Crippen LogP contribution is -2.48. The van der Waals surface area contributed by atoms with Crippen molar-refractivity contribution in [3.63, 3.8) is 0 Å². The highest BCUT2D eigenvalue weighted by molar-refractivity contribution is 7.21. The number of rotatable bonds is 2. The monoisotopic (exact) mass is 399 g/mol. The smallest absolute Gasteiger partial charge is 0.243 e. The number of carbonyl (C=O) groups excluding carboxylic acids is 2. The molecule has 1 aliphatic heterocycles. The molecule has 0 bridgehead atoms. The maximum absolute atomic E-state index is 13.5. The first-order valence-electron chi connectivity index (χ1n) is 8.34. The van der Waals surface area contributed by atoms with Crippen molar-refractivity contribution in [1.29, 1.82) is 0 Å². The van der Waals surface area contributed by atoms with E-state index >= 15 is 0 Å². The molecule has 1 atom stereocenters. The maximum Gasteiger partial charge on any atom is 0.243 e. The van der Waals surface area contributed by atoms with Crippen LogP contribution in [0, 0.1) is 12.7 Å². The molecular weight excluding hydrogens is 385 g/mol. The van der Waals surface area contributed by atoms with E-state index in [0.29, 0.717) is 31.6 Å². The fourth-order valence-corrected chi connectivity index (χ4v) is 4.76. The van der Waals surface area contributed by atoms with Gasteiger partial charge in [-0.2, -0.15) is 0 Å². The van der Waals surface area contributed by atoms with E-state index in [2.05, 4.69) is 5.32 Å². The van der Waals surface area contributed by atoms with Crippen LogP contribution in [0.2, 0.25) is 4.34 Å². The number of Topliss-reactive ketones (excluding diaryl/α,β-unsaturated/α-hetero) is 1. The average molecular weight is 400 g/mol. The van der Waals surface area contributed by atoms with E-state index in [9.17, 15) is 14.0 Å². The zero-order valence-corrected chi connectivity index (χ0v) is 16.2. The van der Waals surface area contributed by atoms with Crippen LogP contribution in [0.1, 0.15) is 28.4 Å². The second-order valence-corrected chi connectivity index (χ2v) is 8.36. The van der Waals surface area contributed by atoms with E-state index in [1.165, 1.54) is 12.1 Å². The number of hydrogen-bond acceptors (Lipinski definition) is 3. The minimum Gasteiger partial charge on any atom is -0.316 e. The third-order valence-corrected chi connectivity index (χ3v) is 6.27. The number of amides is 1. The molecule has 3 aromatic rings. The normalized spacial score (nSPS) is 19.0. The first-order valence-corrected chi connectivity index (χ1v) is 9.53. The number of hydrogen-bond donors (Lipinski definition) is 1. The molecule has 136 valence electrons. The van der Waals surface area contributed by atoms with Gasteiger partial charge in [-0.1, -0.05) is 53.6 Å². The van der Waals surface area contributed by atoms with Crippen molar-refractivity contribution in [2.75, 3.05) is 5.32 Å². The minimum absolute atomic E-state index is 0.311. The Bertz CT molecular complexity index is 1090. The molecule has 1 aliphatic rings. The maximum atomic E-state index is 13.5. The van der Waals surface area contributed by atoms with Gasteiger partial charge in [-0.25, -0.2) is 4.39 Å². The van der Waals surface area contributed by atoms with Crippen molar-refractivity contribution in [3.8, 4) is 11.1 Å². The number of halogens is 2. The zero-order chi connectivity index (χ0) is 19.3. The third kappa shape index (κ3) is 2.69. The van der Waals surface area contributed by atoms with E-state index in [0.717, 1.165) is 16.9 Å². The highest BCUT2D eigenvalue weighted by Gasteiger charge is 2.49. The summed E-state index contributed by atoms with van der Waals surface area (Å²) >= 11 is 7.55. The first-order chi connectivity index (χ1) is 12.8. The molecule has 2 aromatic carbocycles. The zero-order valence-electron chi connectivity index (χ0n) is 14.6. The van der Waals surface area contributed by atoms with Crippen LogP contribution >= 0.6 is 22.9 Å². The predicted octanol–water partition coefficient (Wildman–Crippen LogP) is 5.61. The first kappa shape index (κ1) is 17.9. The molecule has 6 heteroatoms. The predicted molar refractivity (Wildman–Crippen MR) is 106 cm³/mol. The molecule has 0 radical (unpaired) electrons. The average Bonchev–Trinajstić information content (AvgIpc) is 2.96. The van der Waals surface area contributed by atoms with Crippen molar-refractivity contribution < 1.29 is 14.0 Å². The van der Waals surface area contributed by atoms with Gasteiger partial charge in [-0.05, 0) is 37.1 Å². The van der Waals surface area contributed by atoms with Crippen LogP contribution in [-0.2, 0) is 10.2 Å². The molecule has 1 N–H and O–H groups in total. The second-order valence-electron chi connectivity index (χ2n) is 6.74. The Balaban J connectivity index is 1.93. The summed E-state index contributed by atoms with van der Waals surface area (Å²) in [5.41, 5.74) is 1.76. The number of aryl methyl sites for hydroxylation is 1. The van der Waals surface area contributed by atoms with Gasteiger partial charge in [0.2, 0.25) is 5.91 Å². The van der Waals surface area contributed by atoms with Crippen LogP contribution in [0.5, 0.6) is 0 Å². The molecule has 0 aliphatic carbocycles. The van der Waals surface area contributed by atoms with Gasteiger partial charge < -0.3 is 5.32 Å². The third-order valence-electron chi connectivity index (χ3n) is 4.96. The minimum atomic E-state index is -1.36. The van der Waals surface area contributed by atoms with Crippen molar-refractivity contribution in [2.45, 2.75) is 19.3 Å². The van der Waals surface area contributed by atoms with E-state index in [4.69, 9.17) is 11.6 Å². The number of carbonyl (C=O) groups is 2. The summed E-state index contributed by atoms with van der Waals surface area (Å²) in [6.45, 7) is 3.54. The Morgan fingerprint density at radius 2 is 1.78 bits per heavy atom. The summed E-state index contributed by atoms with van der Waals surface area (Å²) in [6.07, 6.45) is 0. The van der Waals surface area contributed by atoms with E-state index in [1.807, 2.05) is 25.1 Å². The Kier molecular flexibility index (Phi) is 4.17. The fourth-order valence-electron chi connectivity index (χ4n) is 3.38. The molecule has 1 unspecified atom stereocenters. The lowest BCUT2D eigenvalue weighted by atomic mass is 9.72. The van der Waals surface area contributed by atoms with Gasteiger partial charge >= 0.3 is 0 Å². The highest BCUT2D eigenvalue weighted by atomic mass is 35.5. The van der Waals surface area contributed by atoms with Gasteiger partial charge in [0.15, 0.2) is 5.78 Å². The van der Waals surface area contributed by atoms with Crippen LogP contribution in [0.25, 0.3) is 11.1 Å². The van der Waals surface area contributed by atoms with Crippen LogP contribution in [0.4, 0.5) is 9.39 Å². The Morgan fingerprint density at radius 1 is 1.07 bits per heavy atom. The molecular formula is C21H15ClFNO2S. The molecule has 27 heavy (non-hydrogen) atoms. The quantitative estimate of drug-likeness (QED) is 0.569. The highest BCUT2D eigenvalue weighted by Crippen LogP contribution is 2.49. The van der Waals surface area contributed by atoms with Gasteiger partial charge in [0.25, 0.3) is 0 Å². The van der Waals surface area contributed by atoms with Crippen molar-refractivity contribution in [1.82, 2.24) is 0 Å². The molecule has 2 heterocycles. The molecule has 1 amide bonds. The summed E-state index contributed by atoms with van der Waals surface area (Å²) in [5, 5.41) is 3.27. The molecule has 3 nitrogen and oxygen atoms in total. The number of fused-ring (bicyclic) bond motifs is 1. The van der Waals surface area contributed by atoms with Gasteiger partial charge in [0.05, 0.1) is 5.56 Å². The van der Waals surface area contributed by atoms with Crippen LogP contribution in [0.3, 0.4) is 0 Å². The SMILES string of the molecule is Cc1cccc(C2(C)C(=O)Nc3sc(Cl)c(-c4ccc(F)cc4)c3C2=O)c1. The van der Waals surface area contributed by atoms with Crippen molar-refractivity contribution >= 4 is 39.6 Å². The van der Waals surface area contributed by atoms with Crippen LogP contribution in [0.15, 0.2) is 48.5 Å². The number of benzene rings is 2. The standard InChI is InChI=1S/C21H15ClFNO2S/c1-11-4-3-5-13(10-11)21(2)17(25)16-15(12-6-8-14(23)9-7-12)18(22)27-19(16)24-20(21)26/h3-10H,1-2H3,(H,24,26). The van der Waals surface area contributed by atoms with E-state index < -0.39 is 5.41 Å². The number of nitrogens with one attached hydrogen (secondary N) is 1. The summed E-state index contributed by atoms with van der Waals surface area (Å²) in [7, 11) is 0. The molecule has 4 rings (SSSR count). The Hall–Kier alpha value is -2.50. The van der Waals surface area contributed by atoms with E-state index in [1.54, 1.807) is 25.1 Å². The fraction of sp³-hybridized carbons (Fsp3) is 0.143. The summed E-state index contributed by atoms with van der Waals surface area (Å²) in [6, 6.07) is 13.2. The summed E-state index contributed by atoms with van der Waals surface area (Å²) < 4.78 is 13.7. The largest absolute Gasteiger partial charge is 0.316 e. The second kappa shape index (κ2) is 6.29. The molecule has 0 saturated heterocycles. The lowest BCUT2D eigenvalue weighted by molar-refractivity contribution is -0.119. The van der Waals surface area contributed by atoms with Crippen molar-refractivity contribution in [3.05, 3.63) is 75.4 Å². The van der Waals surface area contributed by atoms with Crippen LogP contribution in [-0.4, -0.2) is 11.7 Å². The topological polar surface area (TPSA) is 46.2 Å². The van der Waals surface area contributed by atoms with Gasteiger partial charge in [-0.3, -0.25) is 9.59 Å². The van der Waals surface area contributed by atoms with Crippen LogP contribution < -0.4 is 5.32 Å². The number of anilines is 1. The van der Waals surface area contributed by atoms with Gasteiger partial charge in [0, 0.05) is 5.56 Å². The molecule has 0 fully saturated rings. The summed E-state index contributed by atoms with van der Waals surface area (Å²) in [4.78, 5) is 26.4. The van der Waals surface area contributed by atoms with Gasteiger partial charge in [-0.15, -0.1) is 11.3 Å². The lowest BCUT2D eigenvalue weighted by Gasteiger charge is -2.32. The van der Waals surface area contributed by atoms with Gasteiger partial charge in [0.1, 0.15) is 20.6 Å². The number of ketones is 1. The Labute approximate surface area is 164 Å². The molecule has 1 aromatic heterocycles. The summed E-state index contributed by atoms with van der Waals surface area (Å²) in [5.74, 6) is -1.06. The Morgan fingerprint density at radius 3 is 2.44 bits per heavy atom. The van der Waals surface area contributed by atoms with E-state index in [-0.39, 0.29) is 17.5 Å². The molecule has 0 saturated carbocycles. The van der Waals surface area contributed by atoms with Crippen molar-refractivity contribution in [2.24, 2.45) is 0 Å². The number of thiophene rings is 1. The molecule has 0 spiro atoms.